The monoisotopic (exact) mass is 250 g/mol. The Bertz CT molecular complexity index is 465. The van der Waals surface area contributed by atoms with Gasteiger partial charge in [0.15, 0.2) is 0 Å². The summed E-state index contributed by atoms with van der Waals surface area (Å²) in [6.45, 7) is 5.14. The normalized spacial score (nSPS) is 17.9. The van der Waals surface area contributed by atoms with E-state index in [-0.39, 0.29) is 12.1 Å². The van der Waals surface area contributed by atoms with Gasteiger partial charge in [-0.05, 0) is 25.5 Å². The van der Waals surface area contributed by atoms with E-state index in [2.05, 4.69) is 0 Å². The second kappa shape index (κ2) is 4.52. The Morgan fingerprint density at radius 2 is 2.17 bits per heavy atom. The van der Waals surface area contributed by atoms with Crippen LogP contribution < -0.4 is 9.47 Å². The molecule has 0 saturated heterocycles. The maximum atomic E-state index is 11.1. The minimum absolute atomic E-state index is 0.163. The van der Waals surface area contributed by atoms with Crippen molar-refractivity contribution in [1.29, 1.82) is 0 Å². The fraction of sp³-hybridized carbons (Fsp3) is 0.500. The molecule has 1 aliphatic heterocycles. The summed E-state index contributed by atoms with van der Waals surface area (Å²) in [5, 5.41) is 0. The van der Waals surface area contributed by atoms with E-state index in [1.165, 1.54) is 6.92 Å². The van der Waals surface area contributed by atoms with Crippen LogP contribution in [0.4, 0.5) is 0 Å². The number of rotatable bonds is 3. The van der Waals surface area contributed by atoms with Gasteiger partial charge in [-0.25, -0.2) is 0 Å². The standard InChI is InChI=1S/C14H18O4/c1-9(15)18-14(2,3)13-7-10-5-6-11(16-4)8-12(10)17-13/h5-6,8,13H,7H2,1-4H3/t13-/m1/s1. The molecule has 4 nitrogen and oxygen atoms in total. The summed E-state index contributed by atoms with van der Waals surface area (Å²) >= 11 is 0. The minimum atomic E-state index is -0.641. The Hall–Kier alpha value is -1.71. The van der Waals surface area contributed by atoms with Gasteiger partial charge in [0.2, 0.25) is 0 Å². The first-order valence-electron chi connectivity index (χ1n) is 5.95. The van der Waals surface area contributed by atoms with Crippen LogP contribution >= 0.6 is 0 Å². The molecule has 1 aromatic carbocycles. The third-order valence-corrected chi connectivity index (χ3v) is 3.13. The van der Waals surface area contributed by atoms with Gasteiger partial charge < -0.3 is 14.2 Å². The molecule has 0 bridgehead atoms. The maximum absolute atomic E-state index is 11.1. The molecule has 0 radical (unpaired) electrons. The number of ether oxygens (including phenoxy) is 3. The van der Waals surface area contributed by atoms with Gasteiger partial charge >= 0.3 is 5.97 Å². The van der Waals surface area contributed by atoms with E-state index in [1.807, 2.05) is 32.0 Å². The summed E-state index contributed by atoms with van der Waals surface area (Å²) in [6, 6.07) is 5.75. The van der Waals surface area contributed by atoms with Gasteiger partial charge in [-0.3, -0.25) is 4.79 Å². The Morgan fingerprint density at radius 1 is 1.44 bits per heavy atom. The predicted octanol–water partition coefficient (Wildman–Crippen LogP) is 2.34. The van der Waals surface area contributed by atoms with Crippen molar-refractivity contribution in [3.63, 3.8) is 0 Å². The molecule has 1 heterocycles. The van der Waals surface area contributed by atoms with E-state index in [4.69, 9.17) is 14.2 Å². The smallest absolute Gasteiger partial charge is 0.303 e. The van der Waals surface area contributed by atoms with Crippen LogP contribution in [0.2, 0.25) is 0 Å². The molecule has 0 N–H and O–H groups in total. The number of methoxy groups -OCH3 is 1. The van der Waals surface area contributed by atoms with E-state index in [1.54, 1.807) is 7.11 Å². The first-order chi connectivity index (χ1) is 8.42. The highest BCUT2D eigenvalue weighted by molar-refractivity contribution is 5.66. The Balaban J connectivity index is 2.16. The molecule has 0 aliphatic carbocycles. The van der Waals surface area contributed by atoms with Gasteiger partial charge in [0.25, 0.3) is 0 Å². The van der Waals surface area contributed by atoms with Crippen molar-refractivity contribution in [3.8, 4) is 11.5 Å². The largest absolute Gasteiger partial charge is 0.497 e. The molecule has 0 fully saturated rings. The Morgan fingerprint density at radius 3 is 2.78 bits per heavy atom. The number of carbonyl (C=O) groups is 1. The number of fused-ring (bicyclic) bond motifs is 1. The van der Waals surface area contributed by atoms with Crippen molar-refractivity contribution < 1.29 is 19.0 Å². The summed E-state index contributed by atoms with van der Waals surface area (Å²) in [5.41, 5.74) is 0.471. The molecule has 0 saturated carbocycles. The predicted molar refractivity (Wildman–Crippen MR) is 67.0 cm³/mol. The van der Waals surface area contributed by atoms with Crippen LogP contribution in [-0.2, 0) is 16.0 Å². The molecule has 0 unspecified atom stereocenters. The molecular weight excluding hydrogens is 232 g/mol. The highest BCUT2D eigenvalue weighted by Crippen LogP contribution is 2.36. The first kappa shape index (κ1) is 12.7. The second-order valence-electron chi connectivity index (χ2n) is 4.98. The molecule has 4 heteroatoms. The van der Waals surface area contributed by atoms with E-state index in [0.29, 0.717) is 0 Å². The molecule has 98 valence electrons. The lowest BCUT2D eigenvalue weighted by Gasteiger charge is -2.30. The summed E-state index contributed by atoms with van der Waals surface area (Å²) in [6.07, 6.45) is 0.572. The molecule has 1 aliphatic rings. The molecule has 1 atom stereocenters. The average molecular weight is 250 g/mol. The van der Waals surface area contributed by atoms with Crippen LogP contribution in [0, 0.1) is 0 Å². The van der Waals surface area contributed by atoms with Crippen molar-refractivity contribution in [2.45, 2.75) is 38.9 Å². The lowest BCUT2D eigenvalue weighted by atomic mass is 9.97. The maximum Gasteiger partial charge on any atom is 0.303 e. The third kappa shape index (κ3) is 2.42. The van der Waals surface area contributed by atoms with Crippen LogP contribution in [0.3, 0.4) is 0 Å². The van der Waals surface area contributed by atoms with Crippen molar-refractivity contribution in [1.82, 2.24) is 0 Å². The lowest BCUT2D eigenvalue weighted by Crippen LogP contribution is -2.43. The fourth-order valence-corrected chi connectivity index (χ4v) is 2.16. The Kier molecular flexibility index (Phi) is 3.20. The number of benzene rings is 1. The van der Waals surface area contributed by atoms with Crippen LogP contribution in [-0.4, -0.2) is 24.8 Å². The molecule has 0 aromatic heterocycles. The number of esters is 1. The highest BCUT2D eigenvalue weighted by Gasteiger charge is 2.39. The third-order valence-electron chi connectivity index (χ3n) is 3.13. The average Bonchev–Trinajstić information content (AvgIpc) is 2.70. The van der Waals surface area contributed by atoms with Crippen LogP contribution in [0.5, 0.6) is 11.5 Å². The molecular formula is C14H18O4. The summed E-state index contributed by atoms with van der Waals surface area (Å²) in [5.74, 6) is 1.27. The molecule has 0 amide bonds. The summed E-state index contributed by atoms with van der Waals surface area (Å²) in [7, 11) is 1.62. The quantitative estimate of drug-likeness (QED) is 0.772. The fourth-order valence-electron chi connectivity index (χ4n) is 2.16. The van der Waals surface area contributed by atoms with E-state index < -0.39 is 5.60 Å². The van der Waals surface area contributed by atoms with Gasteiger partial charge in [0, 0.05) is 19.4 Å². The first-order valence-corrected chi connectivity index (χ1v) is 5.95. The lowest BCUT2D eigenvalue weighted by molar-refractivity contribution is -0.161. The number of carbonyl (C=O) groups excluding carboxylic acids is 1. The summed E-state index contributed by atoms with van der Waals surface area (Å²) < 4.78 is 16.3. The topological polar surface area (TPSA) is 44.8 Å². The van der Waals surface area contributed by atoms with Crippen LogP contribution in [0.25, 0.3) is 0 Å². The van der Waals surface area contributed by atoms with E-state index >= 15 is 0 Å². The van der Waals surface area contributed by atoms with E-state index in [0.717, 1.165) is 23.5 Å². The Labute approximate surface area is 107 Å². The minimum Gasteiger partial charge on any atom is -0.497 e. The van der Waals surface area contributed by atoms with Gasteiger partial charge in [-0.15, -0.1) is 0 Å². The van der Waals surface area contributed by atoms with E-state index in [9.17, 15) is 4.79 Å². The molecule has 1 aromatic rings. The SMILES string of the molecule is COc1ccc2c(c1)O[C@@H](C(C)(C)OC(C)=O)C2. The van der Waals surface area contributed by atoms with Crippen molar-refractivity contribution in [2.24, 2.45) is 0 Å². The number of hydrogen-bond donors (Lipinski definition) is 0. The number of hydrogen-bond acceptors (Lipinski definition) is 4. The van der Waals surface area contributed by atoms with Gasteiger partial charge in [0.05, 0.1) is 7.11 Å². The molecule has 18 heavy (non-hydrogen) atoms. The van der Waals surface area contributed by atoms with Gasteiger partial charge in [-0.1, -0.05) is 6.07 Å². The van der Waals surface area contributed by atoms with Crippen molar-refractivity contribution >= 4 is 5.97 Å². The molecule has 0 spiro atoms. The van der Waals surface area contributed by atoms with Crippen molar-refractivity contribution in [3.05, 3.63) is 23.8 Å². The van der Waals surface area contributed by atoms with Crippen molar-refractivity contribution in [2.75, 3.05) is 7.11 Å². The highest BCUT2D eigenvalue weighted by atomic mass is 16.6. The van der Waals surface area contributed by atoms with Gasteiger partial charge in [0.1, 0.15) is 23.2 Å². The second-order valence-corrected chi connectivity index (χ2v) is 4.98. The zero-order chi connectivity index (χ0) is 13.3. The molecule has 2 rings (SSSR count). The zero-order valence-corrected chi connectivity index (χ0v) is 11.1. The van der Waals surface area contributed by atoms with Crippen LogP contribution in [0.1, 0.15) is 26.3 Å². The zero-order valence-electron chi connectivity index (χ0n) is 11.1. The van der Waals surface area contributed by atoms with Gasteiger partial charge in [-0.2, -0.15) is 0 Å². The summed E-state index contributed by atoms with van der Waals surface area (Å²) in [4.78, 5) is 11.1. The van der Waals surface area contributed by atoms with Crippen LogP contribution in [0.15, 0.2) is 18.2 Å².